The molecule has 3 aromatic carbocycles. The fourth-order valence-corrected chi connectivity index (χ4v) is 7.66. The molecule has 1 saturated heterocycles. The van der Waals surface area contributed by atoms with E-state index >= 15 is 0 Å². The molecule has 1 atom stereocenters. The zero-order chi connectivity index (χ0) is 31.4. The van der Waals surface area contributed by atoms with Gasteiger partial charge in [-0.15, -0.1) is 0 Å². The molecule has 44 heavy (non-hydrogen) atoms. The Balaban J connectivity index is 1.28. The van der Waals surface area contributed by atoms with Gasteiger partial charge in [0.05, 0.1) is 24.7 Å². The molecular formula is C34H41N3O6S. The fraction of sp³-hybridized carbons (Fsp3) is 0.412. The Labute approximate surface area is 260 Å². The van der Waals surface area contributed by atoms with Gasteiger partial charge >= 0.3 is 6.09 Å². The number of sulfonamides is 1. The van der Waals surface area contributed by atoms with Gasteiger partial charge in [0.25, 0.3) is 0 Å². The van der Waals surface area contributed by atoms with Crippen molar-refractivity contribution in [3.05, 3.63) is 102 Å². The van der Waals surface area contributed by atoms with E-state index in [0.29, 0.717) is 44.8 Å². The van der Waals surface area contributed by atoms with Crippen LogP contribution in [0.4, 0.5) is 10.5 Å². The summed E-state index contributed by atoms with van der Waals surface area (Å²) in [6.07, 6.45) is 0.505. The van der Waals surface area contributed by atoms with Crippen molar-refractivity contribution >= 4 is 27.7 Å². The quantitative estimate of drug-likeness (QED) is 0.361. The predicted molar refractivity (Wildman–Crippen MR) is 170 cm³/mol. The number of piperidine rings is 1. The van der Waals surface area contributed by atoms with Crippen LogP contribution in [0.3, 0.4) is 0 Å². The fourth-order valence-electron chi connectivity index (χ4n) is 5.99. The van der Waals surface area contributed by atoms with Gasteiger partial charge < -0.3 is 19.7 Å². The van der Waals surface area contributed by atoms with Crippen LogP contribution in [0.5, 0.6) is 0 Å². The lowest BCUT2D eigenvalue weighted by molar-refractivity contribution is -0.136. The summed E-state index contributed by atoms with van der Waals surface area (Å²) in [7, 11) is -3.63. The van der Waals surface area contributed by atoms with Gasteiger partial charge in [0, 0.05) is 25.0 Å². The van der Waals surface area contributed by atoms with Crippen molar-refractivity contribution in [2.75, 3.05) is 30.5 Å². The molecule has 10 heteroatoms. The number of fused-ring (bicyclic) bond motifs is 2. The smallest absolute Gasteiger partial charge is 0.408 e. The molecule has 2 aliphatic rings. The molecule has 2 amide bonds. The van der Waals surface area contributed by atoms with E-state index in [1.807, 2.05) is 84.9 Å². The number of nitrogens with zero attached hydrogens (tertiary/aromatic N) is 2. The van der Waals surface area contributed by atoms with E-state index in [0.717, 1.165) is 16.7 Å². The zero-order valence-electron chi connectivity index (χ0n) is 25.6. The van der Waals surface area contributed by atoms with E-state index in [9.17, 15) is 18.0 Å². The Morgan fingerprint density at radius 2 is 1.48 bits per heavy atom. The lowest BCUT2D eigenvalue weighted by atomic mass is 9.74. The topological polar surface area (TPSA) is 105 Å². The van der Waals surface area contributed by atoms with Crippen molar-refractivity contribution in [1.29, 1.82) is 0 Å². The molecule has 0 unspecified atom stereocenters. The van der Waals surface area contributed by atoms with Gasteiger partial charge in [0.2, 0.25) is 15.9 Å². The standard InChI is InChI=1S/C34H41N3O6S/c1-33(2,3)43-32(39)35-29(23-42-22-26-12-6-4-7-13-26)31(38)36-20-18-34(19-21-36)25-37(30-17-11-10-16-28(30)34)44(40,41)24-27-14-8-5-9-15-27/h4-17,29H,18-25H2,1-3H3,(H,35,39)/t29-/m1/s1. The third-order valence-corrected chi connectivity index (χ3v) is 9.83. The number of hydrogen-bond acceptors (Lipinski definition) is 6. The summed E-state index contributed by atoms with van der Waals surface area (Å²) in [5, 5.41) is 2.72. The molecule has 0 bridgehead atoms. The van der Waals surface area contributed by atoms with E-state index in [1.165, 1.54) is 0 Å². The van der Waals surface area contributed by atoms with Gasteiger partial charge in [0.15, 0.2) is 0 Å². The highest BCUT2D eigenvalue weighted by atomic mass is 32.2. The van der Waals surface area contributed by atoms with Crippen molar-refractivity contribution in [3.63, 3.8) is 0 Å². The number of ether oxygens (including phenoxy) is 2. The summed E-state index contributed by atoms with van der Waals surface area (Å²) in [6.45, 7) is 6.77. The number of benzene rings is 3. The van der Waals surface area contributed by atoms with E-state index in [1.54, 1.807) is 30.0 Å². The maximum atomic E-state index is 13.8. The van der Waals surface area contributed by atoms with Gasteiger partial charge in [-0.3, -0.25) is 9.10 Å². The van der Waals surface area contributed by atoms with Crippen LogP contribution in [0.15, 0.2) is 84.9 Å². The summed E-state index contributed by atoms with van der Waals surface area (Å²) in [5.41, 5.74) is 2.28. The second-order valence-electron chi connectivity index (χ2n) is 12.6. The van der Waals surface area contributed by atoms with Gasteiger partial charge in [-0.1, -0.05) is 78.9 Å². The van der Waals surface area contributed by atoms with Crippen LogP contribution < -0.4 is 9.62 Å². The molecule has 234 valence electrons. The lowest BCUT2D eigenvalue weighted by Gasteiger charge is -2.41. The number of para-hydroxylation sites is 1. The molecule has 9 nitrogen and oxygen atoms in total. The Morgan fingerprint density at radius 3 is 2.11 bits per heavy atom. The van der Waals surface area contributed by atoms with E-state index < -0.39 is 33.2 Å². The number of rotatable bonds is 9. The maximum absolute atomic E-state index is 13.8. The normalized spacial score (nSPS) is 16.8. The van der Waals surface area contributed by atoms with Gasteiger partial charge in [-0.25, -0.2) is 13.2 Å². The van der Waals surface area contributed by atoms with Gasteiger partial charge in [-0.05, 0) is 56.4 Å². The van der Waals surface area contributed by atoms with Crippen LogP contribution in [-0.4, -0.2) is 63.2 Å². The Bertz CT molecular complexity index is 1550. The van der Waals surface area contributed by atoms with Crippen molar-refractivity contribution in [2.24, 2.45) is 0 Å². The molecule has 0 radical (unpaired) electrons. The molecule has 5 rings (SSSR count). The van der Waals surface area contributed by atoms with Crippen molar-refractivity contribution in [3.8, 4) is 0 Å². The monoisotopic (exact) mass is 619 g/mol. The van der Waals surface area contributed by atoms with Crippen LogP contribution in [0.2, 0.25) is 0 Å². The first-order chi connectivity index (χ1) is 21.0. The largest absolute Gasteiger partial charge is 0.444 e. The highest BCUT2D eigenvalue weighted by Crippen LogP contribution is 2.48. The minimum absolute atomic E-state index is 0.0110. The molecule has 1 N–H and O–H groups in total. The second-order valence-corrected chi connectivity index (χ2v) is 14.5. The van der Waals surface area contributed by atoms with E-state index in [2.05, 4.69) is 5.32 Å². The van der Waals surface area contributed by atoms with Crippen molar-refractivity contribution in [1.82, 2.24) is 10.2 Å². The molecule has 2 aliphatic heterocycles. The van der Waals surface area contributed by atoms with E-state index in [4.69, 9.17) is 9.47 Å². The molecular weight excluding hydrogens is 578 g/mol. The highest BCUT2D eigenvalue weighted by Gasteiger charge is 2.48. The van der Waals surface area contributed by atoms with Crippen LogP contribution in [0, 0.1) is 0 Å². The Hall–Kier alpha value is -3.89. The van der Waals surface area contributed by atoms with Crippen LogP contribution in [0.25, 0.3) is 0 Å². The number of anilines is 1. The third-order valence-electron chi connectivity index (χ3n) is 8.14. The Kier molecular flexibility index (Phi) is 9.31. The first-order valence-electron chi connectivity index (χ1n) is 15.0. The van der Waals surface area contributed by atoms with E-state index in [-0.39, 0.29) is 18.3 Å². The van der Waals surface area contributed by atoms with Crippen molar-refractivity contribution in [2.45, 2.75) is 63.0 Å². The number of carbonyl (C=O) groups is 2. The second kappa shape index (κ2) is 13.0. The van der Waals surface area contributed by atoms with Crippen LogP contribution >= 0.6 is 0 Å². The lowest BCUT2D eigenvalue weighted by Crippen LogP contribution is -2.55. The molecule has 0 aromatic heterocycles. The summed E-state index contributed by atoms with van der Waals surface area (Å²) >= 11 is 0. The average molecular weight is 620 g/mol. The predicted octanol–water partition coefficient (Wildman–Crippen LogP) is 5.01. The average Bonchev–Trinajstić information content (AvgIpc) is 3.31. The summed E-state index contributed by atoms with van der Waals surface area (Å²) in [5.74, 6) is -0.331. The summed E-state index contributed by atoms with van der Waals surface area (Å²) < 4.78 is 40.2. The summed E-state index contributed by atoms with van der Waals surface area (Å²) in [6, 6.07) is 25.6. The number of amides is 2. The first-order valence-corrected chi connectivity index (χ1v) is 16.6. The summed E-state index contributed by atoms with van der Waals surface area (Å²) in [4.78, 5) is 28.2. The zero-order valence-corrected chi connectivity index (χ0v) is 26.4. The first kappa shape index (κ1) is 31.5. The minimum atomic E-state index is -3.63. The minimum Gasteiger partial charge on any atom is -0.444 e. The number of carbonyl (C=O) groups excluding carboxylic acids is 2. The van der Waals surface area contributed by atoms with Gasteiger partial charge in [0.1, 0.15) is 11.6 Å². The highest BCUT2D eigenvalue weighted by molar-refractivity contribution is 7.92. The third kappa shape index (κ3) is 7.42. The maximum Gasteiger partial charge on any atom is 0.408 e. The molecule has 1 spiro atoms. The number of nitrogens with one attached hydrogen (secondary N) is 1. The number of hydrogen-bond donors (Lipinski definition) is 1. The SMILES string of the molecule is CC(C)(C)OC(=O)N[C@H](COCc1ccccc1)C(=O)N1CCC2(CC1)CN(S(=O)(=O)Cc1ccccc1)c1ccccc12. The van der Waals surface area contributed by atoms with Gasteiger partial charge in [-0.2, -0.15) is 0 Å². The molecule has 0 aliphatic carbocycles. The molecule has 3 aromatic rings. The van der Waals surface area contributed by atoms with Crippen LogP contribution in [0.1, 0.15) is 50.3 Å². The van der Waals surface area contributed by atoms with Crippen molar-refractivity contribution < 1.29 is 27.5 Å². The molecule has 2 heterocycles. The molecule has 0 saturated carbocycles. The number of likely N-dealkylation sites (tertiary alicyclic amines) is 1. The van der Waals surface area contributed by atoms with Crippen LogP contribution in [-0.2, 0) is 42.1 Å². The number of alkyl carbamates (subject to hydrolysis) is 1. The Morgan fingerprint density at radius 1 is 0.886 bits per heavy atom. The molecule has 1 fully saturated rings.